The van der Waals surface area contributed by atoms with Crippen LogP contribution in [0.4, 0.5) is 17.5 Å². The molecule has 1 aromatic heterocycles. The number of nitrogens with one attached hydrogen (secondary N) is 2. The van der Waals surface area contributed by atoms with E-state index in [-0.39, 0.29) is 5.75 Å². The summed E-state index contributed by atoms with van der Waals surface area (Å²) in [4.78, 5) is 8.94. The van der Waals surface area contributed by atoms with Crippen molar-refractivity contribution in [1.29, 1.82) is 0 Å². The summed E-state index contributed by atoms with van der Waals surface area (Å²) in [6.45, 7) is 2.76. The van der Waals surface area contributed by atoms with Gasteiger partial charge in [0, 0.05) is 17.0 Å². The van der Waals surface area contributed by atoms with Gasteiger partial charge in [-0.2, -0.15) is 4.98 Å². The SMILES string of the molecule is CCNc1nc(Nc2cc(Cl)ccc2O)nc2ccccc12. The lowest BCUT2D eigenvalue weighted by Gasteiger charge is -2.11. The first-order valence-corrected chi connectivity index (χ1v) is 7.31. The zero-order valence-corrected chi connectivity index (χ0v) is 12.7. The van der Waals surface area contributed by atoms with Crippen molar-refractivity contribution in [1.82, 2.24) is 9.97 Å². The molecular weight excluding hydrogens is 300 g/mol. The number of fused-ring (bicyclic) bond motifs is 1. The van der Waals surface area contributed by atoms with Crippen LogP contribution < -0.4 is 10.6 Å². The third-order valence-corrected chi connectivity index (χ3v) is 3.39. The minimum atomic E-state index is 0.0890. The first-order chi connectivity index (χ1) is 10.7. The van der Waals surface area contributed by atoms with Gasteiger partial charge in [-0.3, -0.25) is 0 Å². The molecule has 0 atom stereocenters. The van der Waals surface area contributed by atoms with Crippen molar-refractivity contribution in [2.24, 2.45) is 0 Å². The van der Waals surface area contributed by atoms with Crippen LogP contribution in [0.3, 0.4) is 0 Å². The number of nitrogens with zero attached hydrogens (tertiary/aromatic N) is 2. The molecule has 0 amide bonds. The summed E-state index contributed by atoms with van der Waals surface area (Å²) in [6, 6.07) is 12.5. The smallest absolute Gasteiger partial charge is 0.229 e. The van der Waals surface area contributed by atoms with Crippen LogP contribution >= 0.6 is 11.6 Å². The normalized spacial score (nSPS) is 10.6. The van der Waals surface area contributed by atoms with E-state index in [9.17, 15) is 5.11 Å². The molecular formula is C16H15ClN4O. The van der Waals surface area contributed by atoms with Gasteiger partial charge in [-0.25, -0.2) is 4.98 Å². The molecule has 3 rings (SSSR count). The number of hydrogen-bond acceptors (Lipinski definition) is 5. The van der Waals surface area contributed by atoms with Gasteiger partial charge in [0.05, 0.1) is 11.2 Å². The average Bonchev–Trinajstić information content (AvgIpc) is 2.51. The van der Waals surface area contributed by atoms with Crippen molar-refractivity contribution in [2.75, 3.05) is 17.2 Å². The maximum atomic E-state index is 9.89. The van der Waals surface area contributed by atoms with Crippen LogP contribution in [0.1, 0.15) is 6.92 Å². The number of rotatable bonds is 4. The molecule has 3 N–H and O–H groups in total. The van der Waals surface area contributed by atoms with E-state index in [0.29, 0.717) is 16.7 Å². The van der Waals surface area contributed by atoms with E-state index in [1.54, 1.807) is 12.1 Å². The number of hydrogen-bond donors (Lipinski definition) is 3. The first kappa shape index (κ1) is 14.4. The molecule has 6 heteroatoms. The molecule has 5 nitrogen and oxygen atoms in total. The second-order valence-corrected chi connectivity index (χ2v) is 5.17. The molecule has 0 unspecified atom stereocenters. The third-order valence-electron chi connectivity index (χ3n) is 3.15. The average molecular weight is 315 g/mol. The molecule has 0 bridgehead atoms. The zero-order chi connectivity index (χ0) is 15.5. The lowest BCUT2D eigenvalue weighted by Crippen LogP contribution is -2.05. The largest absolute Gasteiger partial charge is 0.506 e. The molecule has 2 aromatic carbocycles. The summed E-state index contributed by atoms with van der Waals surface area (Å²) in [5, 5.41) is 17.6. The maximum Gasteiger partial charge on any atom is 0.229 e. The summed E-state index contributed by atoms with van der Waals surface area (Å²) in [5.74, 6) is 1.23. The Morgan fingerprint density at radius 2 is 1.95 bits per heavy atom. The highest BCUT2D eigenvalue weighted by molar-refractivity contribution is 6.31. The number of benzene rings is 2. The van der Waals surface area contributed by atoms with Gasteiger partial charge in [0.2, 0.25) is 5.95 Å². The molecule has 1 heterocycles. The van der Waals surface area contributed by atoms with E-state index >= 15 is 0 Å². The molecule has 22 heavy (non-hydrogen) atoms. The molecule has 0 aliphatic carbocycles. The Kier molecular flexibility index (Phi) is 3.98. The molecule has 0 radical (unpaired) electrons. The number of aromatic hydroxyl groups is 1. The Balaban J connectivity index is 2.05. The van der Waals surface area contributed by atoms with Crippen LogP contribution in [-0.2, 0) is 0 Å². The van der Waals surface area contributed by atoms with E-state index in [4.69, 9.17) is 11.6 Å². The van der Waals surface area contributed by atoms with Crippen LogP contribution in [-0.4, -0.2) is 21.6 Å². The van der Waals surface area contributed by atoms with E-state index in [1.807, 2.05) is 31.2 Å². The molecule has 0 aliphatic heterocycles. The minimum absolute atomic E-state index is 0.0890. The summed E-state index contributed by atoms with van der Waals surface area (Å²) < 4.78 is 0. The molecule has 0 aliphatic rings. The molecule has 3 aromatic rings. The molecule has 112 valence electrons. The van der Waals surface area contributed by atoms with Gasteiger partial charge < -0.3 is 15.7 Å². The monoisotopic (exact) mass is 314 g/mol. The van der Waals surface area contributed by atoms with Crippen molar-refractivity contribution < 1.29 is 5.11 Å². The lowest BCUT2D eigenvalue weighted by molar-refractivity contribution is 0.477. The Morgan fingerprint density at radius 1 is 1.14 bits per heavy atom. The van der Waals surface area contributed by atoms with Crippen molar-refractivity contribution >= 4 is 40.0 Å². The molecule has 0 spiro atoms. The van der Waals surface area contributed by atoms with Gasteiger partial charge in [0.1, 0.15) is 11.6 Å². The summed E-state index contributed by atoms with van der Waals surface area (Å²) in [5.41, 5.74) is 1.28. The van der Waals surface area contributed by atoms with Crippen LogP contribution in [0.2, 0.25) is 5.02 Å². The fourth-order valence-corrected chi connectivity index (χ4v) is 2.34. The minimum Gasteiger partial charge on any atom is -0.506 e. The number of halogens is 1. The molecule has 0 saturated carbocycles. The highest BCUT2D eigenvalue weighted by Crippen LogP contribution is 2.30. The lowest BCUT2D eigenvalue weighted by atomic mass is 10.2. The maximum absolute atomic E-state index is 9.89. The van der Waals surface area contributed by atoms with Gasteiger partial charge in [-0.05, 0) is 37.3 Å². The van der Waals surface area contributed by atoms with E-state index in [0.717, 1.165) is 23.3 Å². The standard InChI is InChI=1S/C16H15ClN4O/c1-2-18-15-11-5-3-4-6-12(11)19-16(21-15)20-13-9-10(17)7-8-14(13)22/h3-9,22H,2H2,1H3,(H2,18,19,20,21). The molecule has 0 fully saturated rings. The Labute approximate surface area is 133 Å². The van der Waals surface area contributed by atoms with Gasteiger partial charge in [0.15, 0.2) is 0 Å². The van der Waals surface area contributed by atoms with Crippen LogP contribution in [0.25, 0.3) is 10.9 Å². The fraction of sp³-hybridized carbons (Fsp3) is 0.125. The summed E-state index contributed by atoms with van der Waals surface area (Å²) in [7, 11) is 0. The van der Waals surface area contributed by atoms with Gasteiger partial charge >= 0.3 is 0 Å². The zero-order valence-electron chi connectivity index (χ0n) is 12.0. The number of aromatic nitrogens is 2. The Bertz CT molecular complexity index is 822. The van der Waals surface area contributed by atoms with E-state index < -0.39 is 0 Å². The van der Waals surface area contributed by atoms with E-state index in [1.165, 1.54) is 6.07 Å². The van der Waals surface area contributed by atoms with Crippen LogP contribution in [0.5, 0.6) is 5.75 Å². The van der Waals surface area contributed by atoms with Crippen molar-refractivity contribution in [3.63, 3.8) is 0 Å². The van der Waals surface area contributed by atoms with Gasteiger partial charge in [-0.1, -0.05) is 23.7 Å². The second kappa shape index (κ2) is 6.07. The highest BCUT2D eigenvalue weighted by atomic mass is 35.5. The predicted molar refractivity (Wildman–Crippen MR) is 90.1 cm³/mol. The molecule has 0 saturated heterocycles. The van der Waals surface area contributed by atoms with E-state index in [2.05, 4.69) is 20.6 Å². The quantitative estimate of drug-likeness (QED) is 0.631. The first-order valence-electron chi connectivity index (χ1n) is 6.93. The van der Waals surface area contributed by atoms with Gasteiger partial charge in [0.25, 0.3) is 0 Å². The van der Waals surface area contributed by atoms with Crippen LogP contribution in [0, 0.1) is 0 Å². The number of para-hydroxylation sites is 1. The predicted octanol–water partition coefficient (Wildman–Crippen LogP) is 4.16. The van der Waals surface area contributed by atoms with Gasteiger partial charge in [-0.15, -0.1) is 0 Å². The third kappa shape index (κ3) is 2.89. The summed E-state index contributed by atoms with van der Waals surface area (Å²) >= 11 is 5.95. The van der Waals surface area contributed by atoms with Crippen molar-refractivity contribution in [2.45, 2.75) is 6.92 Å². The number of anilines is 3. The summed E-state index contributed by atoms with van der Waals surface area (Å²) in [6.07, 6.45) is 0. The number of phenolic OH excluding ortho intramolecular Hbond substituents is 1. The number of phenols is 1. The Morgan fingerprint density at radius 3 is 2.77 bits per heavy atom. The Hall–Kier alpha value is -2.53. The van der Waals surface area contributed by atoms with Crippen LogP contribution in [0.15, 0.2) is 42.5 Å². The van der Waals surface area contributed by atoms with Crippen molar-refractivity contribution in [3.8, 4) is 5.75 Å². The highest BCUT2D eigenvalue weighted by Gasteiger charge is 2.09. The fourth-order valence-electron chi connectivity index (χ4n) is 2.16. The van der Waals surface area contributed by atoms with Crippen molar-refractivity contribution in [3.05, 3.63) is 47.5 Å². The second-order valence-electron chi connectivity index (χ2n) is 4.73. The topological polar surface area (TPSA) is 70.1 Å².